The van der Waals surface area contributed by atoms with Crippen LogP contribution in [0.2, 0.25) is 0 Å². The van der Waals surface area contributed by atoms with E-state index in [1.165, 1.54) is 41.1 Å². The van der Waals surface area contributed by atoms with E-state index in [0.717, 1.165) is 13.0 Å². The summed E-state index contributed by atoms with van der Waals surface area (Å²) in [6, 6.07) is 4.65. The van der Waals surface area contributed by atoms with Crippen molar-refractivity contribution < 1.29 is 0 Å². The first-order valence-electron chi connectivity index (χ1n) is 5.65. The van der Waals surface area contributed by atoms with Crippen LogP contribution in [-0.4, -0.2) is 19.4 Å². The van der Waals surface area contributed by atoms with E-state index in [1.54, 1.807) is 0 Å². The van der Waals surface area contributed by atoms with Gasteiger partial charge in [-0.3, -0.25) is 4.99 Å². The first-order valence-corrected chi connectivity index (χ1v) is 5.65. The molecule has 78 valence electrons. The maximum absolute atomic E-state index is 4.40. The molecule has 0 aromatic heterocycles. The Bertz CT molecular complexity index is 446. The first-order chi connectivity index (χ1) is 7.29. The van der Waals surface area contributed by atoms with Gasteiger partial charge in [0.1, 0.15) is 5.84 Å². The maximum atomic E-state index is 4.40. The molecular weight excluding hydrogens is 184 g/mol. The third-order valence-corrected chi connectivity index (χ3v) is 3.43. The molecule has 2 aliphatic heterocycles. The zero-order valence-corrected chi connectivity index (χ0v) is 9.38. The van der Waals surface area contributed by atoms with Crippen molar-refractivity contribution in [3.63, 3.8) is 0 Å². The first kappa shape index (κ1) is 8.96. The molecular formula is C13H16N2. The van der Waals surface area contributed by atoms with Crippen LogP contribution in [0.4, 0.5) is 5.69 Å². The third kappa shape index (κ3) is 1.21. The predicted molar refractivity (Wildman–Crippen MR) is 63.9 cm³/mol. The molecule has 3 rings (SSSR count). The van der Waals surface area contributed by atoms with Crippen LogP contribution in [0.5, 0.6) is 0 Å². The van der Waals surface area contributed by atoms with Crippen LogP contribution >= 0.6 is 0 Å². The lowest BCUT2D eigenvalue weighted by Crippen LogP contribution is -2.31. The van der Waals surface area contributed by atoms with Gasteiger partial charge in [-0.15, -0.1) is 0 Å². The summed E-state index contributed by atoms with van der Waals surface area (Å²) in [7, 11) is 1.91. The van der Waals surface area contributed by atoms with Gasteiger partial charge in [0.25, 0.3) is 0 Å². The van der Waals surface area contributed by atoms with E-state index >= 15 is 0 Å². The van der Waals surface area contributed by atoms with E-state index in [0.29, 0.717) is 0 Å². The standard InChI is InChI=1S/C13H16N2/c1-9-6-10-4-3-5-15-12(14-2)8-11(7-9)13(10)15/h6-7H,3-5,8H2,1-2H3. The van der Waals surface area contributed by atoms with Crippen LogP contribution in [0, 0.1) is 6.92 Å². The summed E-state index contributed by atoms with van der Waals surface area (Å²) in [5.74, 6) is 1.25. The number of hydrogen-bond acceptors (Lipinski definition) is 1. The second-order valence-corrected chi connectivity index (χ2v) is 4.50. The van der Waals surface area contributed by atoms with Crippen molar-refractivity contribution in [2.24, 2.45) is 4.99 Å². The second kappa shape index (κ2) is 3.09. The van der Waals surface area contributed by atoms with Gasteiger partial charge in [0, 0.05) is 25.7 Å². The van der Waals surface area contributed by atoms with Gasteiger partial charge in [-0.25, -0.2) is 0 Å². The minimum atomic E-state index is 1.03. The lowest BCUT2D eigenvalue weighted by atomic mass is 9.97. The molecule has 0 N–H and O–H groups in total. The normalized spacial score (nSPS) is 20.9. The van der Waals surface area contributed by atoms with Crippen LogP contribution in [0.3, 0.4) is 0 Å². The summed E-state index contributed by atoms with van der Waals surface area (Å²) in [6.45, 7) is 3.34. The van der Waals surface area contributed by atoms with Crippen molar-refractivity contribution >= 4 is 11.5 Å². The van der Waals surface area contributed by atoms with Gasteiger partial charge >= 0.3 is 0 Å². The SMILES string of the molecule is CN=C1Cc2cc(C)cc3c2N1CCC3. The minimum absolute atomic E-state index is 1.03. The summed E-state index contributed by atoms with van der Waals surface area (Å²) < 4.78 is 0. The van der Waals surface area contributed by atoms with Crippen LogP contribution in [0.15, 0.2) is 17.1 Å². The molecule has 0 radical (unpaired) electrons. The van der Waals surface area contributed by atoms with Crippen LogP contribution < -0.4 is 4.90 Å². The van der Waals surface area contributed by atoms with Gasteiger partial charge in [0.15, 0.2) is 0 Å². The lowest BCUT2D eigenvalue weighted by Gasteiger charge is -2.27. The highest BCUT2D eigenvalue weighted by molar-refractivity contribution is 6.06. The number of nitrogens with zero attached hydrogens (tertiary/aromatic N) is 2. The number of benzene rings is 1. The van der Waals surface area contributed by atoms with Gasteiger partial charge in [-0.2, -0.15) is 0 Å². The van der Waals surface area contributed by atoms with Crippen LogP contribution in [-0.2, 0) is 12.8 Å². The molecule has 2 nitrogen and oxygen atoms in total. The van der Waals surface area contributed by atoms with Crippen molar-refractivity contribution in [3.8, 4) is 0 Å². The zero-order valence-electron chi connectivity index (χ0n) is 9.38. The van der Waals surface area contributed by atoms with Gasteiger partial charge in [0.05, 0.1) is 0 Å². The average Bonchev–Trinajstić information content (AvgIpc) is 2.58. The molecule has 2 heterocycles. The monoisotopic (exact) mass is 200 g/mol. The van der Waals surface area contributed by atoms with Crippen molar-refractivity contribution in [2.75, 3.05) is 18.5 Å². The van der Waals surface area contributed by atoms with E-state index in [1.807, 2.05) is 7.05 Å². The van der Waals surface area contributed by atoms with E-state index in [9.17, 15) is 0 Å². The topological polar surface area (TPSA) is 15.6 Å². The Hall–Kier alpha value is -1.31. The smallest absolute Gasteiger partial charge is 0.107 e. The average molecular weight is 200 g/mol. The number of rotatable bonds is 0. The van der Waals surface area contributed by atoms with Gasteiger partial charge in [0.2, 0.25) is 0 Å². The Labute approximate surface area is 90.6 Å². The molecule has 15 heavy (non-hydrogen) atoms. The summed E-state index contributed by atoms with van der Waals surface area (Å²) in [5, 5.41) is 0. The fraction of sp³-hybridized carbons (Fsp3) is 0.462. The Morgan fingerprint density at radius 3 is 2.87 bits per heavy atom. The highest BCUT2D eigenvalue weighted by atomic mass is 15.2. The molecule has 2 heteroatoms. The van der Waals surface area contributed by atoms with Crippen molar-refractivity contribution in [1.82, 2.24) is 0 Å². The molecule has 0 aliphatic carbocycles. The fourth-order valence-electron chi connectivity index (χ4n) is 2.87. The number of hydrogen-bond donors (Lipinski definition) is 0. The Morgan fingerprint density at radius 2 is 2.07 bits per heavy atom. The number of amidine groups is 1. The quantitative estimate of drug-likeness (QED) is 0.627. The van der Waals surface area contributed by atoms with E-state index in [4.69, 9.17) is 0 Å². The molecule has 2 aliphatic rings. The molecule has 0 fully saturated rings. The molecule has 0 saturated carbocycles. The maximum Gasteiger partial charge on any atom is 0.107 e. The summed E-state index contributed by atoms with van der Waals surface area (Å²) in [5.41, 5.74) is 5.86. The molecule has 0 amide bonds. The lowest BCUT2D eigenvalue weighted by molar-refractivity contribution is 0.781. The van der Waals surface area contributed by atoms with E-state index in [2.05, 4.69) is 28.9 Å². The number of anilines is 1. The third-order valence-electron chi connectivity index (χ3n) is 3.43. The van der Waals surface area contributed by atoms with Gasteiger partial charge in [-0.05, 0) is 30.9 Å². The second-order valence-electron chi connectivity index (χ2n) is 4.50. The van der Waals surface area contributed by atoms with Crippen LogP contribution in [0.25, 0.3) is 0 Å². The Balaban J connectivity index is 2.22. The fourth-order valence-corrected chi connectivity index (χ4v) is 2.87. The molecule has 0 saturated heterocycles. The summed E-state index contributed by atoms with van der Waals surface area (Å²) in [4.78, 5) is 6.81. The van der Waals surface area contributed by atoms with Gasteiger partial charge in [-0.1, -0.05) is 17.7 Å². The predicted octanol–water partition coefficient (Wildman–Crippen LogP) is 2.33. The van der Waals surface area contributed by atoms with Crippen LogP contribution in [0.1, 0.15) is 23.1 Å². The number of aliphatic imine (C=N–C) groups is 1. The van der Waals surface area contributed by atoms with Crippen molar-refractivity contribution in [3.05, 3.63) is 28.8 Å². The zero-order chi connectivity index (χ0) is 10.4. The highest BCUT2D eigenvalue weighted by Crippen LogP contribution is 2.37. The molecule has 1 aromatic carbocycles. The largest absolute Gasteiger partial charge is 0.329 e. The summed E-state index contributed by atoms with van der Waals surface area (Å²) >= 11 is 0. The molecule has 0 spiro atoms. The van der Waals surface area contributed by atoms with Gasteiger partial charge < -0.3 is 4.90 Å². The molecule has 0 unspecified atom stereocenters. The van der Waals surface area contributed by atoms with Crippen molar-refractivity contribution in [2.45, 2.75) is 26.2 Å². The summed E-state index contributed by atoms with van der Waals surface area (Å²) in [6.07, 6.45) is 3.52. The Kier molecular flexibility index (Phi) is 1.84. The van der Waals surface area contributed by atoms with Crippen molar-refractivity contribution in [1.29, 1.82) is 0 Å². The van der Waals surface area contributed by atoms with E-state index in [-0.39, 0.29) is 0 Å². The molecule has 0 atom stereocenters. The molecule has 1 aromatic rings. The van der Waals surface area contributed by atoms with E-state index < -0.39 is 0 Å². The minimum Gasteiger partial charge on any atom is -0.329 e. The highest BCUT2D eigenvalue weighted by Gasteiger charge is 2.29. The number of aryl methyl sites for hydroxylation is 2. The Morgan fingerprint density at radius 1 is 1.27 bits per heavy atom. The molecule has 0 bridgehead atoms.